The Morgan fingerprint density at radius 2 is 1.67 bits per heavy atom. The molecule has 3 aromatic carbocycles. The van der Waals surface area contributed by atoms with Gasteiger partial charge >= 0.3 is 0 Å². The Labute approximate surface area is 159 Å². The second kappa shape index (κ2) is 5.82. The van der Waals surface area contributed by atoms with Crippen LogP contribution in [0.4, 0.5) is 5.69 Å². The number of allylic oxidation sites excluding steroid dienone is 1. The highest BCUT2D eigenvalue weighted by Gasteiger charge is 2.42. The number of rotatable bonds is 1. The van der Waals surface area contributed by atoms with Gasteiger partial charge in [0.1, 0.15) is 0 Å². The number of hydrogen-bond acceptors (Lipinski definition) is 2. The minimum absolute atomic E-state index is 0.0125. The molecule has 1 heterocycles. The number of fused-ring (bicyclic) bond motifs is 5. The Morgan fingerprint density at radius 3 is 2.48 bits per heavy atom. The van der Waals surface area contributed by atoms with E-state index in [0.717, 1.165) is 28.9 Å². The largest absolute Gasteiger partial charge is 0.354 e. The lowest BCUT2D eigenvalue weighted by molar-refractivity contribution is -0.119. The molecule has 1 atom stereocenters. The van der Waals surface area contributed by atoms with Gasteiger partial charge in [-0.25, -0.2) is 0 Å². The van der Waals surface area contributed by atoms with Gasteiger partial charge in [0.2, 0.25) is 0 Å². The van der Waals surface area contributed by atoms with E-state index in [1.165, 1.54) is 16.3 Å². The average molecular weight is 353 g/mol. The highest BCUT2D eigenvalue weighted by molar-refractivity contribution is 6.10. The highest BCUT2D eigenvalue weighted by atomic mass is 16.1. The summed E-state index contributed by atoms with van der Waals surface area (Å²) in [5.74, 6) is 0.417. The standard InChI is InChI=1S/C25H23NO/c1-25(2)14-19-22-18-11-7-6-8-16(18)12-13-20(22)26-24(23(19)21(27)15-25)17-9-4-3-5-10-17/h3-13,19,26H,14-15H2,1-2H3. The van der Waals surface area contributed by atoms with Crippen molar-refractivity contribution in [1.29, 1.82) is 0 Å². The summed E-state index contributed by atoms with van der Waals surface area (Å²) in [6, 6.07) is 23.1. The molecule has 2 aliphatic rings. The Kier molecular flexibility index (Phi) is 3.51. The predicted octanol–water partition coefficient (Wildman–Crippen LogP) is 6.15. The summed E-state index contributed by atoms with van der Waals surface area (Å²) in [5, 5.41) is 6.11. The van der Waals surface area contributed by atoms with Crippen molar-refractivity contribution in [3.63, 3.8) is 0 Å². The minimum atomic E-state index is 0.0125. The third kappa shape index (κ3) is 2.59. The third-order valence-corrected chi connectivity index (χ3v) is 5.96. The molecule has 0 aromatic heterocycles. The maximum atomic E-state index is 13.3. The van der Waals surface area contributed by atoms with Crippen LogP contribution in [0.15, 0.2) is 72.3 Å². The maximum absolute atomic E-state index is 13.3. The second-order valence-electron chi connectivity index (χ2n) is 8.55. The van der Waals surface area contributed by atoms with E-state index >= 15 is 0 Å². The summed E-state index contributed by atoms with van der Waals surface area (Å²) in [6.07, 6.45) is 1.60. The normalized spacial score (nSPS) is 20.8. The van der Waals surface area contributed by atoms with E-state index in [4.69, 9.17) is 0 Å². The number of carbonyl (C=O) groups excluding carboxylic acids is 1. The van der Waals surface area contributed by atoms with E-state index in [9.17, 15) is 4.79 Å². The Balaban J connectivity index is 1.80. The summed E-state index contributed by atoms with van der Waals surface area (Å²) < 4.78 is 0. The molecule has 2 heteroatoms. The summed E-state index contributed by atoms with van der Waals surface area (Å²) in [7, 11) is 0. The van der Waals surface area contributed by atoms with Crippen molar-refractivity contribution in [2.45, 2.75) is 32.6 Å². The Morgan fingerprint density at radius 1 is 0.926 bits per heavy atom. The van der Waals surface area contributed by atoms with Gasteiger partial charge in [-0.3, -0.25) is 4.79 Å². The van der Waals surface area contributed by atoms with Gasteiger partial charge in [-0.2, -0.15) is 0 Å². The van der Waals surface area contributed by atoms with E-state index < -0.39 is 0 Å². The first-order chi connectivity index (χ1) is 13.0. The number of anilines is 1. The summed E-state index contributed by atoms with van der Waals surface area (Å²) in [4.78, 5) is 13.3. The zero-order valence-electron chi connectivity index (χ0n) is 15.8. The molecule has 134 valence electrons. The molecule has 1 aliphatic carbocycles. The molecule has 0 saturated heterocycles. The zero-order chi connectivity index (χ0) is 18.6. The van der Waals surface area contributed by atoms with Gasteiger partial charge < -0.3 is 5.32 Å². The monoisotopic (exact) mass is 353 g/mol. The van der Waals surface area contributed by atoms with Crippen molar-refractivity contribution in [2.24, 2.45) is 5.41 Å². The fourth-order valence-electron chi connectivity index (χ4n) is 4.83. The average Bonchev–Trinajstić information content (AvgIpc) is 2.66. The van der Waals surface area contributed by atoms with E-state index in [-0.39, 0.29) is 17.1 Å². The molecule has 0 bridgehead atoms. The molecule has 0 spiro atoms. The van der Waals surface area contributed by atoms with Crippen LogP contribution >= 0.6 is 0 Å². The van der Waals surface area contributed by atoms with Crippen LogP contribution in [-0.2, 0) is 4.79 Å². The van der Waals surface area contributed by atoms with Gasteiger partial charge in [0, 0.05) is 23.6 Å². The fraction of sp³-hybridized carbons (Fsp3) is 0.240. The van der Waals surface area contributed by atoms with E-state index in [0.29, 0.717) is 6.42 Å². The lowest BCUT2D eigenvalue weighted by Crippen LogP contribution is -2.34. The number of Topliss-reactive ketones (excluding diaryl/α,β-unsaturated/α-hetero) is 1. The van der Waals surface area contributed by atoms with Gasteiger partial charge in [-0.1, -0.05) is 74.5 Å². The van der Waals surface area contributed by atoms with E-state index in [1.54, 1.807) is 0 Å². The molecule has 1 saturated carbocycles. The van der Waals surface area contributed by atoms with Gasteiger partial charge in [-0.05, 0) is 39.8 Å². The molecular weight excluding hydrogens is 330 g/mol. The van der Waals surface area contributed by atoms with Gasteiger partial charge in [0.15, 0.2) is 5.78 Å². The smallest absolute Gasteiger partial charge is 0.162 e. The van der Waals surface area contributed by atoms with Crippen LogP contribution in [0.25, 0.3) is 16.5 Å². The number of carbonyl (C=O) groups is 1. The molecule has 3 aromatic rings. The van der Waals surface area contributed by atoms with Crippen molar-refractivity contribution in [3.05, 3.63) is 83.4 Å². The quantitative estimate of drug-likeness (QED) is 0.568. The van der Waals surface area contributed by atoms with Crippen LogP contribution in [0.2, 0.25) is 0 Å². The van der Waals surface area contributed by atoms with Crippen molar-refractivity contribution in [1.82, 2.24) is 0 Å². The van der Waals surface area contributed by atoms with Crippen LogP contribution in [0.5, 0.6) is 0 Å². The zero-order valence-corrected chi connectivity index (χ0v) is 15.8. The first-order valence-electron chi connectivity index (χ1n) is 9.65. The molecule has 5 rings (SSSR count). The molecule has 27 heavy (non-hydrogen) atoms. The van der Waals surface area contributed by atoms with Crippen molar-refractivity contribution in [2.75, 3.05) is 5.32 Å². The SMILES string of the molecule is CC1(C)CC(=O)C2=C(c3ccccc3)Nc3ccc4ccccc4c3C2C1. The molecule has 1 fully saturated rings. The van der Waals surface area contributed by atoms with E-state index in [2.05, 4.69) is 67.7 Å². The molecule has 1 aliphatic heterocycles. The third-order valence-electron chi connectivity index (χ3n) is 5.96. The van der Waals surface area contributed by atoms with Crippen LogP contribution in [0.3, 0.4) is 0 Å². The van der Waals surface area contributed by atoms with Gasteiger partial charge in [0.25, 0.3) is 0 Å². The Hall–Kier alpha value is -2.87. The lowest BCUT2D eigenvalue weighted by atomic mass is 9.64. The molecule has 1 unspecified atom stereocenters. The number of nitrogens with one attached hydrogen (secondary N) is 1. The fourth-order valence-corrected chi connectivity index (χ4v) is 4.83. The van der Waals surface area contributed by atoms with Crippen molar-refractivity contribution in [3.8, 4) is 0 Å². The molecule has 1 N–H and O–H groups in total. The van der Waals surface area contributed by atoms with E-state index in [1.807, 2.05) is 18.2 Å². The van der Waals surface area contributed by atoms with Crippen LogP contribution in [0, 0.1) is 5.41 Å². The van der Waals surface area contributed by atoms with Crippen molar-refractivity contribution >= 4 is 27.9 Å². The molecule has 0 amide bonds. The summed E-state index contributed by atoms with van der Waals surface area (Å²) in [5.41, 5.74) is 5.46. The highest BCUT2D eigenvalue weighted by Crippen LogP contribution is 2.53. The summed E-state index contributed by atoms with van der Waals surface area (Å²) >= 11 is 0. The minimum Gasteiger partial charge on any atom is -0.354 e. The second-order valence-corrected chi connectivity index (χ2v) is 8.55. The van der Waals surface area contributed by atoms with Crippen LogP contribution in [0.1, 0.15) is 43.7 Å². The Bertz CT molecular complexity index is 1090. The van der Waals surface area contributed by atoms with Crippen LogP contribution in [-0.4, -0.2) is 5.78 Å². The van der Waals surface area contributed by atoms with Gasteiger partial charge in [0.05, 0.1) is 5.70 Å². The van der Waals surface area contributed by atoms with Gasteiger partial charge in [-0.15, -0.1) is 0 Å². The van der Waals surface area contributed by atoms with Crippen molar-refractivity contribution < 1.29 is 4.79 Å². The topological polar surface area (TPSA) is 29.1 Å². The van der Waals surface area contributed by atoms with Crippen LogP contribution < -0.4 is 5.32 Å². The first kappa shape index (κ1) is 16.3. The molecule has 2 nitrogen and oxygen atoms in total. The number of benzene rings is 3. The lowest BCUT2D eigenvalue weighted by Gasteiger charge is -2.41. The number of hydrogen-bond donors (Lipinski definition) is 1. The predicted molar refractivity (Wildman–Crippen MR) is 112 cm³/mol. The first-order valence-corrected chi connectivity index (χ1v) is 9.65. The summed E-state index contributed by atoms with van der Waals surface area (Å²) in [6.45, 7) is 4.44. The number of ketones is 1. The maximum Gasteiger partial charge on any atom is 0.162 e. The molecular formula is C25H23NO. The molecule has 0 radical (unpaired) electrons.